The first-order chi connectivity index (χ1) is 11.0. The Morgan fingerprint density at radius 2 is 1.04 bits per heavy atom. The molecule has 0 aliphatic carbocycles. The quantitative estimate of drug-likeness (QED) is 0.517. The molecule has 2 aliphatic rings. The molecule has 0 aromatic carbocycles. The van der Waals surface area contributed by atoms with Crippen LogP contribution in [0.4, 0.5) is 0 Å². The van der Waals surface area contributed by atoms with Gasteiger partial charge in [-0.15, -0.1) is 0 Å². The van der Waals surface area contributed by atoms with Gasteiger partial charge in [-0.3, -0.25) is 9.98 Å². The number of allylic oxidation sites excluding steroid dienone is 2. The average Bonchev–Trinajstić information content (AvgIpc) is 2.91. The molecule has 0 aromatic heterocycles. The van der Waals surface area contributed by atoms with Crippen LogP contribution < -0.4 is 0 Å². The fraction of sp³-hybridized carbons (Fsp3) is 0.727. The van der Waals surface area contributed by atoms with E-state index in [1.54, 1.807) is 0 Å². The zero-order chi connectivity index (χ0) is 18.1. The molecule has 2 aliphatic heterocycles. The van der Waals surface area contributed by atoms with E-state index >= 15 is 0 Å². The summed E-state index contributed by atoms with van der Waals surface area (Å²) in [6.07, 6.45) is 6.86. The normalized spacial score (nSPS) is 21.8. The minimum atomic E-state index is 0.0940. The van der Waals surface area contributed by atoms with Crippen LogP contribution >= 0.6 is 0 Å². The molecule has 2 heteroatoms. The predicted molar refractivity (Wildman–Crippen MR) is 107 cm³/mol. The van der Waals surface area contributed by atoms with Gasteiger partial charge >= 0.3 is 0 Å². The van der Waals surface area contributed by atoms with Crippen molar-refractivity contribution in [1.82, 2.24) is 0 Å². The molecule has 0 atom stereocenters. The number of aliphatic imine (C=N–C) groups is 2. The Balaban J connectivity index is 1.94. The molecule has 2 heterocycles. The van der Waals surface area contributed by atoms with Crippen LogP contribution in [0.2, 0.25) is 0 Å². The fourth-order valence-electron chi connectivity index (χ4n) is 3.94. The molecule has 0 saturated heterocycles. The number of nitrogens with zero attached hydrogens (tertiary/aromatic N) is 2. The second kappa shape index (κ2) is 6.98. The molecule has 0 unspecified atom stereocenters. The number of rotatable bonds is 5. The molecule has 0 radical (unpaired) electrons. The second-order valence-corrected chi connectivity index (χ2v) is 9.26. The standard InChI is InChI=1S/C22H36N2/c1-15(2)17-13-21(5,6)23-19(17)11-9-10-12-20-18(16(3)4)14-22(7,8)24-20/h9-14H2,1-8H3. The molecule has 134 valence electrons. The Hall–Kier alpha value is -1.18. The molecular weight excluding hydrogens is 292 g/mol. The van der Waals surface area contributed by atoms with Crippen LogP contribution in [0, 0.1) is 0 Å². The molecule has 0 bridgehead atoms. The molecule has 2 nitrogen and oxygen atoms in total. The molecule has 0 aromatic rings. The monoisotopic (exact) mass is 328 g/mol. The Kier molecular flexibility index (Phi) is 5.57. The molecule has 2 rings (SSSR count). The third kappa shape index (κ3) is 4.68. The van der Waals surface area contributed by atoms with Gasteiger partial charge < -0.3 is 0 Å². The molecule has 0 N–H and O–H groups in total. The Morgan fingerprint density at radius 3 is 1.33 bits per heavy atom. The van der Waals surface area contributed by atoms with Gasteiger partial charge in [-0.1, -0.05) is 11.1 Å². The van der Waals surface area contributed by atoms with Gasteiger partial charge in [0.05, 0.1) is 11.1 Å². The lowest BCUT2D eigenvalue weighted by Crippen LogP contribution is -2.11. The molecule has 0 saturated carbocycles. The summed E-state index contributed by atoms with van der Waals surface area (Å²) in [5.74, 6) is 0. The first-order valence-corrected chi connectivity index (χ1v) is 9.52. The van der Waals surface area contributed by atoms with Crippen LogP contribution in [0.15, 0.2) is 32.3 Å². The van der Waals surface area contributed by atoms with Crippen molar-refractivity contribution in [2.45, 2.75) is 105 Å². The van der Waals surface area contributed by atoms with Gasteiger partial charge in [-0.25, -0.2) is 0 Å². The third-order valence-electron chi connectivity index (χ3n) is 5.07. The molecule has 0 amide bonds. The highest BCUT2D eigenvalue weighted by Crippen LogP contribution is 2.34. The smallest absolute Gasteiger partial charge is 0.0596 e. The SMILES string of the molecule is CC(C)=C1CC(C)(C)N=C1CCCCC1=NC(C)(C)CC1=C(C)C. The first kappa shape index (κ1) is 19.1. The summed E-state index contributed by atoms with van der Waals surface area (Å²) in [6, 6.07) is 0. The third-order valence-corrected chi connectivity index (χ3v) is 5.07. The van der Waals surface area contributed by atoms with Gasteiger partial charge in [0.15, 0.2) is 0 Å². The number of hydrogen-bond donors (Lipinski definition) is 0. The van der Waals surface area contributed by atoms with Gasteiger partial charge in [0.25, 0.3) is 0 Å². The number of unbranched alkanes of at least 4 members (excludes halogenated alkanes) is 1. The largest absolute Gasteiger partial charge is 0.283 e. The van der Waals surface area contributed by atoms with Crippen molar-refractivity contribution in [3.63, 3.8) is 0 Å². The van der Waals surface area contributed by atoms with Crippen LogP contribution in [0.25, 0.3) is 0 Å². The second-order valence-electron chi connectivity index (χ2n) is 9.26. The molecule has 0 fully saturated rings. The Bertz CT molecular complexity index is 560. The van der Waals surface area contributed by atoms with Crippen LogP contribution in [0.1, 0.15) is 93.9 Å². The van der Waals surface area contributed by atoms with E-state index in [4.69, 9.17) is 9.98 Å². The summed E-state index contributed by atoms with van der Waals surface area (Å²) in [6.45, 7) is 17.9. The summed E-state index contributed by atoms with van der Waals surface area (Å²) >= 11 is 0. The molecular formula is C22H36N2. The van der Waals surface area contributed by atoms with Crippen molar-refractivity contribution in [1.29, 1.82) is 0 Å². The van der Waals surface area contributed by atoms with Crippen molar-refractivity contribution in [3.05, 3.63) is 22.3 Å². The van der Waals surface area contributed by atoms with E-state index in [2.05, 4.69) is 55.4 Å². The van der Waals surface area contributed by atoms with E-state index < -0.39 is 0 Å². The van der Waals surface area contributed by atoms with E-state index in [-0.39, 0.29) is 11.1 Å². The lowest BCUT2D eigenvalue weighted by atomic mass is 9.92. The highest BCUT2D eigenvalue weighted by Gasteiger charge is 2.30. The van der Waals surface area contributed by atoms with Crippen LogP contribution in [0.3, 0.4) is 0 Å². The van der Waals surface area contributed by atoms with Crippen molar-refractivity contribution < 1.29 is 0 Å². The molecule has 0 spiro atoms. The minimum absolute atomic E-state index is 0.0940. The minimum Gasteiger partial charge on any atom is -0.283 e. The zero-order valence-corrected chi connectivity index (χ0v) is 17.1. The van der Waals surface area contributed by atoms with Gasteiger partial charge in [0.2, 0.25) is 0 Å². The summed E-state index contributed by atoms with van der Waals surface area (Å²) in [5.41, 5.74) is 8.79. The zero-order valence-electron chi connectivity index (χ0n) is 17.1. The van der Waals surface area contributed by atoms with E-state index in [0.29, 0.717) is 0 Å². The van der Waals surface area contributed by atoms with Crippen LogP contribution in [0.5, 0.6) is 0 Å². The summed E-state index contributed by atoms with van der Waals surface area (Å²) in [7, 11) is 0. The summed E-state index contributed by atoms with van der Waals surface area (Å²) < 4.78 is 0. The Labute approximate surface area is 149 Å². The Morgan fingerprint density at radius 1 is 0.708 bits per heavy atom. The van der Waals surface area contributed by atoms with Gasteiger partial charge in [0.1, 0.15) is 0 Å². The summed E-state index contributed by atoms with van der Waals surface area (Å²) in [4.78, 5) is 9.96. The fourth-order valence-corrected chi connectivity index (χ4v) is 3.94. The van der Waals surface area contributed by atoms with E-state index in [1.165, 1.54) is 46.6 Å². The van der Waals surface area contributed by atoms with E-state index in [0.717, 1.165) is 25.7 Å². The molecule has 24 heavy (non-hydrogen) atoms. The maximum absolute atomic E-state index is 4.98. The van der Waals surface area contributed by atoms with Crippen molar-refractivity contribution in [2.24, 2.45) is 9.98 Å². The van der Waals surface area contributed by atoms with Crippen molar-refractivity contribution >= 4 is 11.4 Å². The average molecular weight is 329 g/mol. The van der Waals surface area contributed by atoms with E-state index in [9.17, 15) is 0 Å². The van der Waals surface area contributed by atoms with Gasteiger partial charge in [0, 0.05) is 11.4 Å². The van der Waals surface area contributed by atoms with Crippen molar-refractivity contribution in [3.8, 4) is 0 Å². The highest BCUT2D eigenvalue weighted by molar-refractivity contribution is 6.04. The lowest BCUT2D eigenvalue weighted by Gasteiger charge is -2.12. The topological polar surface area (TPSA) is 24.7 Å². The first-order valence-electron chi connectivity index (χ1n) is 9.52. The predicted octanol–water partition coefficient (Wildman–Crippen LogP) is 6.47. The maximum atomic E-state index is 4.98. The maximum Gasteiger partial charge on any atom is 0.0596 e. The van der Waals surface area contributed by atoms with Crippen molar-refractivity contribution in [2.75, 3.05) is 0 Å². The van der Waals surface area contributed by atoms with Gasteiger partial charge in [-0.2, -0.15) is 0 Å². The lowest BCUT2D eigenvalue weighted by molar-refractivity contribution is 0.545. The van der Waals surface area contributed by atoms with Crippen LogP contribution in [-0.2, 0) is 0 Å². The van der Waals surface area contributed by atoms with Crippen LogP contribution in [-0.4, -0.2) is 22.5 Å². The highest BCUT2D eigenvalue weighted by atomic mass is 14.9. The van der Waals surface area contributed by atoms with Gasteiger partial charge in [-0.05, 0) is 105 Å². The van der Waals surface area contributed by atoms with E-state index in [1.807, 2.05) is 0 Å². The number of hydrogen-bond acceptors (Lipinski definition) is 2. The summed E-state index contributed by atoms with van der Waals surface area (Å²) in [5, 5.41) is 0.